The van der Waals surface area contributed by atoms with Crippen LogP contribution >= 0.6 is 0 Å². The van der Waals surface area contributed by atoms with Gasteiger partial charge in [-0.05, 0) is 31.5 Å². The summed E-state index contributed by atoms with van der Waals surface area (Å²) in [6.07, 6.45) is -3.35. The number of alkyl halides is 3. The van der Waals surface area contributed by atoms with Gasteiger partial charge in [-0.3, -0.25) is 14.5 Å². The number of halogens is 3. The van der Waals surface area contributed by atoms with Gasteiger partial charge < -0.3 is 15.2 Å². The van der Waals surface area contributed by atoms with Gasteiger partial charge in [-0.25, -0.2) is 0 Å². The van der Waals surface area contributed by atoms with Crippen molar-refractivity contribution in [1.82, 2.24) is 10.2 Å². The second-order valence-corrected chi connectivity index (χ2v) is 6.13. The summed E-state index contributed by atoms with van der Waals surface area (Å²) >= 11 is 0. The van der Waals surface area contributed by atoms with Crippen molar-refractivity contribution in [3.8, 4) is 5.75 Å². The molecular weight excluding hydrogens is 353 g/mol. The molecule has 0 radical (unpaired) electrons. The summed E-state index contributed by atoms with van der Waals surface area (Å²) < 4.78 is 43.6. The maximum Gasteiger partial charge on any atom is 0.419 e. The van der Waals surface area contributed by atoms with E-state index in [2.05, 4.69) is 5.32 Å². The lowest BCUT2D eigenvalue weighted by Crippen LogP contribution is -2.55. The summed E-state index contributed by atoms with van der Waals surface area (Å²) in [6, 6.07) is 4.67. The number of nitrogens with one attached hydrogen (secondary N) is 1. The third kappa shape index (κ3) is 5.35. The van der Waals surface area contributed by atoms with E-state index in [9.17, 15) is 22.8 Å². The Morgan fingerprint density at radius 1 is 1.31 bits per heavy atom. The number of para-hydroxylation sites is 1. The maximum atomic E-state index is 12.9. The highest BCUT2D eigenvalue weighted by molar-refractivity contribution is 5.78. The van der Waals surface area contributed by atoms with Gasteiger partial charge >= 0.3 is 12.1 Å². The summed E-state index contributed by atoms with van der Waals surface area (Å²) in [5.74, 6) is -1.80. The number of hydrogen-bond donors (Lipinski definition) is 2. The van der Waals surface area contributed by atoms with Crippen LogP contribution in [-0.2, 0) is 15.8 Å². The molecule has 6 nitrogen and oxygen atoms in total. The van der Waals surface area contributed by atoms with Gasteiger partial charge in [0, 0.05) is 12.1 Å². The molecule has 1 saturated carbocycles. The first-order chi connectivity index (χ1) is 12.2. The molecule has 1 aromatic rings. The fourth-order valence-corrected chi connectivity index (χ4v) is 2.92. The Morgan fingerprint density at radius 3 is 2.54 bits per heavy atom. The lowest BCUT2D eigenvalue weighted by molar-refractivity contribution is -0.140. The Kier molecular flexibility index (Phi) is 6.47. The van der Waals surface area contributed by atoms with E-state index >= 15 is 0 Å². The first-order valence-electron chi connectivity index (χ1n) is 8.25. The van der Waals surface area contributed by atoms with Crippen LogP contribution in [0.15, 0.2) is 24.3 Å². The summed E-state index contributed by atoms with van der Waals surface area (Å²) in [6.45, 7) is 1.88. The topological polar surface area (TPSA) is 78.9 Å². The first kappa shape index (κ1) is 20.0. The van der Waals surface area contributed by atoms with Gasteiger partial charge in [-0.1, -0.05) is 19.1 Å². The molecule has 1 aliphatic carbocycles. The van der Waals surface area contributed by atoms with Crippen molar-refractivity contribution >= 4 is 11.9 Å². The maximum absolute atomic E-state index is 12.9. The number of nitrogens with zero attached hydrogens (tertiary/aromatic N) is 1. The fraction of sp³-hybridized carbons (Fsp3) is 0.529. The van der Waals surface area contributed by atoms with Crippen LogP contribution < -0.4 is 10.1 Å². The molecule has 0 aromatic heterocycles. The van der Waals surface area contributed by atoms with Gasteiger partial charge in [0.2, 0.25) is 0 Å². The number of carbonyl (C=O) groups is 2. The number of rotatable bonds is 8. The Bertz CT molecular complexity index is 645. The second-order valence-electron chi connectivity index (χ2n) is 6.13. The van der Waals surface area contributed by atoms with E-state index in [1.807, 2.05) is 6.92 Å². The van der Waals surface area contributed by atoms with Crippen LogP contribution in [0.4, 0.5) is 13.2 Å². The highest BCUT2D eigenvalue weighted by Gasteiger charge is 2.36. The molecule has 1 fully saturated rings. The SMILES string of the molecule is CCN(CC(=O)O)C1CC(NC(=O)COc2ccccc2C(F)(F)F)C1. The molecule has 1 aliphatic rings. The van der Waals surface area contributed by atoms with Crippen molar-refractivity contribution in [2.75, 3.05) is 19.7 Å². The van der Waals surface area contributed by atoms with Gasteiger partial charge in [0.1, 0.15) is 5.75 Å². The Morgan fingerprint density at radius 2 is 1.96 bits per heavy atom. The van der Waals surface area contributed by atoms with E-state index in [4.69, 9.17) is 9.84 Å². The van der Waals surface area contributed by atoms with Crippen LogP contribution in [0.2, 0.25) is 0 Å². The number of amides is 1. The Balaban J connectivity index is 1.79. The molecule has 2 N–H and O–H groups in total. The zero-order valence-electron chi connectivity index (χ0n) is 14.3. The van der Waals surface area contributed by atoms with Gasteiger partial charge in [-0.15, -0.1) is 0 Å². The molecule has 0 spiro atoms. The lowest BCUT2D eigenvalue weighted by atomic mass is 9.85. The molecule has 1 amide bonds. The first-order valence-corrected chi connectivity index (χ1v) is 8.25. The summed E-state index contributed by atoms with van der Waals surface area (Å²) in [5.41, 5.74) is -0.927. The van der Waals surface area contributed by atoms with Gasteiger partial charge in [0.05, 0.1) is 12.1 Å². The molecule has 144 valence electrons. The minimum absolute atomic E-state index is 0.0564. The summed E-state index contributed by atoms with van der Waals surface area (Å²) in [7, 11) is 0. The third-order valence-electron chi connectivity index (χ3n) is 4.29. The number of carboxylic acid groups (broad SMARTS) is 1. The van der Waals surface area contributed by atoms with Gasteiger partial charge in [-0.2, -0.15) is 13.2 Å². The van der Waals surface area contributed by atoms with Crippen LogP contribution in [0.3, 0.4) is 0 Å². The highest BCUT2D eigenvalue weighted by atomic mass is 19.4. The van der Waals surface area contributed by atoms with Crippen LogP contribution in [0.25, 0.3) is 0 Å². The van der Waals surface area contributed by atoms with E-state index in [1.165, 1.54) is 18.2 Å². The van der Waals surface area contributed by atoms with Crippen LogP contribution in [0.1, 0.15) is 25.3 Å². The van der Waals surface area contributed by atoms with Crippen molar-refractivity contribution in [3.63, 3.8) is 0 Å². The number of hydrogen-bond acceptors (Lipinski definition) is 4. The molecular formula is C17H21F3N2O4. The molecule has 26 heavy (non-hydrogen) atoms. The fourth-order valence-electron chi connectivity index (χ4n) is 2.92. The molecule has 1 aromatic carbocycles. The zero-order valence-corrected chi connectivity index (χ0v) is 14.3. The minimum atomic E-state index is -4.55. The summed E-state index contributed by atoms with van der Waals surface area (Å²) in [4.78, 5) is 24.5. The third-order valence-corrected chi connectivity index (χ3v) is 4.29. The molecule has 0 aliphatic heterocycles. The average molecular weight is 374 g/mol. The molecule has 0 saturated heterocycles. The molecule has 9 heteroatoms. The highest BCUT2D eigenvalue weighted by Crippen LogP contribution is 2.35. The largest absolute Gasteiger partial charge is 0.483 e. The molecule has 0 heterocycles. The normalized spacial score (nSPS) is 19.7. The standard InChI is InChI=1S/C17H21F3N2O4/c1-2-22(9-16(24)25)12-7-11(8-12)21-15(23)10-26-14-6-4-3-5-13(14)17(18,19)20/h3-6,11-12H,2,7-10H2,1H3,(H,21,23)(H,24,25). The van der Waals surface area contributed by atoms with Crippen LogP contribution in [-0.4, -0.2) is 53.7 Å². The van der Waals surface area contributed by atoms with E-state index in [-0.39, 0.29) is 24.4 Å². The smallest absolute Gasteiger partial charge is 0.419 e. The van der Waals surface area contributed by atoms with Crippen LogP contribution in [0.5, 0.6) is 5.75 Å². The van der Waals surface area contributed by atoms with Crippen molar-refractivity contribution < 1.29 is 32.6 Å². The quantitative estimate of drug-likeness (QED) is 0.729. The number of likely N-dealkylation sites (N-methyl/N-ethyl adjacent to an activating group) is 1. The van der Waals surface area contributed by atoms with Crippen molar-refractivity contribution in [2.24, 2.45) is 0 Å². The van der Waals surface area contributed by atoms with E-state index < -0.39 is 30.2 Å². The number of aliphatic carboxylic acids is 1. The van der Waals surface area contributed by atoms with Crippen molar-refractivity contribution in [2.45, 2.75) is 38.0 Å². The summed E-state index contributed by atoms with van der Waals surface area (Å²) in [5, 5.41) is 11.5. The van der Waals surface area contributed by atoms with Gasteiger partial charge in [0.25, 0.3) is 5.91 Å². The number of carboxylic acids is 1. The monoisotopic (exact) mass is 374 g/mol. The number of carbonyl (C=O) groups excluding carboxylic acids is 1. The number of benzene rings is 1. The Hall–Kier alpha value is -2.29. The predicted octanol–water partition coefficient (Wildman–Crippen LogP) is 2.14. The zero-order chi connectivity index (χ0) is 19.3. The Labute approximate surface area is 148 Å². The van der Waals surface area contributed by atoms with E-state index in [0.717, 1.165) is 6.07 Å². The molecule has 0 unspecified atom stereocenters. The molecule has 2 rings (SSSR count). The van der Waals surface area contributed by atoms with Crippen molar-refractivity contribution in [3.05, 3.63) is 29.8 Å². The van der Waals surface area contributed by atoms with E-state index in [0.29, 0.717) is 19.4 Å². The predicted molar refractivity (Wildman–Crippen MR) is 86.8 cm³/mol. The lowest BCUT2D eigenvalue weighted by Gasteiger charge is -2.42. The molecule has 0 atom stereocenters. The van der Waals surface area contributed by atoms with Crippen molar-refractivity contribution in [1.29, 1.82) is 0 Å². The second kappa shape index (κ2) is 8.39. The van der Waals surface area contributed by atoms with Crippen LogP contribution in [0, 0.1) is 0 Å². The minimum Gasteiger partial charge on any atom is -0.483 e. The van der Waals surface area contributed by atoms with E-state index in [1.54, 1.807) is 4.90 Å². The van der Waals surface area contributed by atoms with Gasteiger partial charge in [0.15, 0.2) is 6.61 Å². The number of ether oxygens (including phenoxy) is 1. The molecule has 0 bridgehead atoms. The average Bonchev–Trinajstić information content (AvgIpc) is 2.53.